The van der Waals surface area contributed by atoms with Gasteiger partial charge >= 0.3 is 5.97 Å². The molecule has 11 nitrogen and oxygen atoms in total. The Bertz CT molecular complexity index is 1100. The van der Waals surface area contributed by atoms with E-state index in [0.717, 1.165) is 7.11 Å². The Morgan fingerprint density at radius 1 is 1.08 bits per heavy atom. The smallest absolute Gasteiger partial charge is 0.336 e. The second-order valence-electron chi connectivity index (χ2n) is 10.1. The number of amides is 2. The van der Waals surface area contributed by atoms with Gasteiger partial charge in [0.05, 0.1) is 37.4 Å². The van der Waals surface area contributed by atoms with Gasteiger partial charge in [-0.1, -0.05) is 32.9 Å². The molecule has 2 aromatic rings. The Balaban J connectivity index is 2.23. The molecule has 1 aromatic carbocycles. The molecule has 0 radical (unpaired) electrons. The minimum atomic E-state index is -2.07. The molecule has 0 aliphatic carbocycles. The van der Waals surface area contributed by atoms with Gasteiger partial charge in [-0.25, -0.2) is 4.79 Å². The first kappa shape index (κ1) is 29.8. The van der Waals surface area contributed by atoms with Crippen LogP contribution in [0.1, 0.15) is 44.5 Å². The fourth-order valence-electron chi connectivity index (χ4n) is 3.20. The minimum Gasteiger partial charge on any atom is -0.467 e. The van der Waals surface area contributed by atoms with E-state index in [4.69, 9.17) is 4.43 Å². The molecule has 0 bridgehead atoms. The lowest BCUT2D eigenvalue weighted by Gasteiger charge is -2.37. The Morgan fingerprint density at radius 2 is 1.70 bits per heavy atom. The number of para-hydroxylation sites is 1. The van der Waals surface area contributed by atoms with E-state index in [9.17, 15) is 19.2 Å². The summed E-state index contributed by atoms with van der Waals surface area (Å²) in [6.07, 6.45) is 2.90. The number of Topliss-reactive ketones (excluding diaryl/α,β-unsaturated/α-hetero) is 1. The third kappa shape index (κ3) is 8.05. The van der Waals surface area contributed by atoms with Crippen molar-refractivity contribution in [3.8, 4) is 5.69 Å². The lowest BCUT2D eigenvalue weighted by Crippen LogP contribution is -2.47. The fraction of sp³-hybridized carbons (Fsp3) is 0.520. The lowest BCUT2D eigenvalue weighted by atomic mass is 10.1. The van der Waals surface area contributed by atoms with Crippen molar-refractivity contribution in [2.45, 2.75) is 58.3 Å². The standard InChI is InChI=1S/C25H37N5O6Si/c1-18(31)22(24(34)35-5)28-21(32)12-15-29(16-17-36-37(6,7)25(2,3)4)23(33)19-10-8-9-11-20(19)30-26-13-14-27-30/h8-11,13-14,22H,12,15-17H2,1-7H3,(H,28,32). The molecule has 1 N–H and O–H groups in total. The highest BCUT2D eigenvalue weighted by atomic mass is 28.4. The van der Waals surface area contributed by atoms with Crippen molar-refractivity contribution >= 4 is 31.9 Å². The summed E-state index contributed by atoms with van der Waals surface area (Å²) in [5.74, 6) is -2.28. The van der Waals surface area contributed by atoms with Crippen LogP contribution in [0, 0.1) is 0 Å². The summed E-state index contributed by atoms with van der Waals surface area (Å²) in [4.78, 5) is 52.8. The zero-order valence-electron chi connectivity index (χ0n) is 22.6. The fourth-order valence-corrected chi connectivity index (χ4v) is 4.23. The van der Waals surface area contributed by atoms with Crippen LogP contribution in [0.2, 0.25) is 18.1 Å². The van der Waals surface area contributed by atoms with Crippen LogP contribution in [0.25, 0.3) is 5.69 Å². The highest BCUT2D eigenvalue weighted by molar-refractivity contribution is 6.74. The van der Waals surface area contributed by atoms with E-state index in [1.165, 1.54) is 29.0 Å². The SMILES string of the molecule is COC(=O)C(NC(=O)CCN(CCO[Si](C)(C)C(C)(C)C)C(=O)c1ccccc1-n1nccn1)C(C)=O. The molecule has 0 fully saturated rings. The van der Waals surface area contributed by atoms with Crippen molar-refractivity contribution < 1.29 is 28.3 Å². The van der Waals surface area contributed by atoms with Gasteiger partial charge in [-0.05, 0) is 37.2 Å². The number of ether oxygens (including phenoxy) is 1. The van der Waals surface area contributed by atoms with E-state index in [-0.39, 0.29) is 30.5 Å². The number of hydrogen-bond acceptors (Lipinski definition) is 8. The van der Waals surface area contributed by atoms with Crippen molar-refractivity contribution in [2.24, 2.45) is 0 Å². The Morgan fingerprint density at radius 3 is 2.27 bits per heavy atom. The number of nitrogens with zero attached hydrogens (tertiary/aromatic N) is 4. The van der Waals surface area contributed by atoms with Crippen LogP contribution >= 0.6 is 0 Å². The largest absolute Gasteiger partial charge is 0.467 e. The molecule has 0 spiro atoms. The highest BCUT2D eigenvalue weighted by Gasteiger charge is 2.37. The van der Waals surface area contributed by atoms with Crippen LogP contribution < -0.4 is 5.32 Å². The zero-order valence-corrected chi connectivity index (χ0v) is 23.6. The minimum absolute atomic E-state index is 0.00429. The second-order valence-corrected chi connectivity index (χ2v) is 14.9. The van der Waals surface area contributed by atoms with E-state index in [0.29, 0.717) is 17.9 Å². The van der Waals surface area contributed by atoms with Crippen molar-refractivity contribution in [1.82, 2.24) is 25.2 Å². The molecular formula is C25H37N5O6Si. The molecule has 0 aliphatic heterocycles. The average Bonchev–Trinajstić information content (AvgIpc) is 3.37. The Kier molecular flexibility index (Phi) is 10.3. The topological polar surface area (TPSA) is 133 Å². The molecule has 0 aliphatic rings. The highest BCUT2D eigenvalue weighted by Crippen LogP contribution is 2.36. The van der Waals surface area contributed by atoms with Crippen molar-refractivity contribution in [2.75, 3.05) is 26.8 Å². The molecule has 1 atom stereocenters. The third-order valence-electron chi connectivity index (χ3n) is 6.44. The molecule has 37 heavy (non-hydrogen) atoms. The van der Waals surface area contributed by atoms with Gasteiger partial charge < -0.3 is 19.4 Å². The monoisotopic (exact) mass is 531 g/mol. The average molecular weight is 532 g/mol. The number of esters is 1. The maximum Gasteiger partial charge on any atom is 0.336 e. The molecule has 2 rings (SSSR count). The van der Waals surface area contributed by atoms with E-state index < -0.39 is 32.0 Å². The number of nitrogens with one attached hydrogen (secondary N) is 1. The second kappa shape index (κ2) is 12.7. The summed E-state index contributed by atoms with van der Waals surface area (Å²) in [6, 6.07) is 5.53. The number of carbonyl (C=O) groups excluding carboxylic acids is 4. The van der Waals surface area contributed by atoms with Gasteiger partial charge in [-0.3, -0.25) is 14.4 Å². The normalized spacial score (nSPS) is 12.5. The van der Waals surface area contributed by atoms with E-state index in [2.05, 4.69) is 54.1 Å². The number of ketones is 1. The van der Waals surface area contributed by atoms with Gasteiger partial charge in [0.1, 0.15) is 0 Å². The predicted molar refractivity (Wildman–Crippen MR) is 140 cm³/mol. The van der Waals surface area contributed by atoms with Crippen LogP contribution in [-0.2, 0) is 23.5 Å². The molecule has 12 heteroatoms. The molecular weight excluding hydrogens is 494 g/mol. The van der Waals surface area contributed by atoms with Crippen LogP contribution in [0.3, 0.4) is 0 Å². The zero-order chi connectivity index (χ0) is 27.8. The Labute approximate surface area is 218 Å². The number of carbonyl (C=O) groups is 4. The van der Waals surface area contributed by atoms with Crippen LogP contribution in [-0.4, -0.2) is 84.6 Å². The Hall–Kier alpha value is -3.38. The van der Waals surface area contributed by atoms with E-state index >= 15 is 0 Å². The van der Waals surface area contributed by atoms with Gasteiger partial charge in [0, 0.05) is 19.5 Å². The summed E-state index contributed by atoms with van der Waals surface area (Å²) < 4.78 is 10.9. The van der Waals surface area contributed by atoms with Crippen molar-refractivity contribution in [3.05, 3.63) is 42.2 Å². The third-order valence-corrected chi connectivity index (χ3v) is 11.0. The first-order valence-electron chi connectivity index (χ1n) is 12.0. The van der Waals surface area contributed by atoms with E-state index in [1.54, 1.807) is 24.3 Å². The van der Waals surface area contributed by atoms with Gasteiger partial charge in [0.2, 0.25) is 5.91 Å². The maximum absolute atomic E-state index is 13.7. The van der Waals surface area contributed by atoms with Crippen LogP contribution in [0.15, 0.2) is 36.7 Å². The quantitative estimate of drug-likeness (QED) is 0.251. The predicted octanol–water partition coefficient (Wildman–Crippen LogP) is 2.37. The molecule has 202 valence electrons. The molecule has 0 saturated heterocycles. The van der Waals surface area contributed by atoms with Crippen LogP contribution in [0.4, 0.5) is 0 Å². The summed E-state index contributed by atoms with van der Waals surface area (Å²) in [7, 11) is -0.929. The van der Waals surface area contributed by atoms with E-state index in [1.807, 2.05) is 0 Å². The lowest BCUT2D eigenvalue weighted by molar-refractivity contribution is -0.148. The van der Waals surface area contributed by atoms with Gasteiger partial charge in [-0.2, -0.15) is 15.0 Å². The molecule has 1 aromatic heterocycles. The van der Waals surface area contributed by atoms with Gasteiger partial charge in [0.25, 0.3) is 5.91 Å². The summed E-state index contributed by atoms with van der Waals surface area (Å²) in [6.45, 7) is 12.4. The first-order valence-corrected chi connectivity index (χ1v) is 15.0. The number of methoxy groups -OCH3 is 1. The van der Waals surface area contributed by atoms with Gasteiger partial charge in [0.15, 0.2) is 20.1 Å². The summed E-state index contributed by atoms with van der Waals surface area (Å²) >= 11 is 0. The first-order chi connectivity index (χ1) is 17.3. The maximum atomic E-state index is 13.7. The summed E-state index contributed by atoms with van der Waals surface area (Å²) in [5, 5.41) is 10.6. The molecule has 1 heterocycles. The number of rotatable bonds is 12. The number of benzene rings is 1. The summed E-state index contributed by atoms with van der Waals surface area (Å²) in [5.41, 5.74) is 0.863. The molecule has 2 amide bonds. The van der Waals surface area contributed by atoms with Crippen molar-refractivity contribution in [3.63, 3.8) is 0 Å². The van der Waals surface area contributed by atoms with Crippen LogP contribution in [0.5, 0.6) is 0 Å². The number of hydrogen-bond donors (Lipinski definition) is 1. The van der Waals surface area contributed by atoms with Crippen molar-refractivity contribution in [1.29, 1.82) is 0 Å². The number of aromatic nitrogens is 3. The van der Waals surface area contributed by atoms with Gasteiger partial charge in [-0.15, -0.1) is 0 Å². The molecule has 1 unspecified atom stereocenters. The molecule has 0 saturated carbocycles.